The third-order valence-electron chi connectivity index (χ3n) is 6.24. The number of para-hydroxylation sites is 1. The molecule has 0 radical (unpaired) electrons. The second kappa shape index (κ2) is 9.34. The molecule has 8 nitrogen and oxygen atoms in total. The molecule has 0 aliphatic heterocycles. The van der Waals surface area contributed by atoms with Crippen molar-refractivity contribution in [3.05, 3.63) is 117 Å². The number of aromatic nitrogens is 1. The number of hydrogen-bond acceptors (Lipinski definition) is 5. The fraction of sp³-hybridized carbons (Fsp3) is 0.0714. The fourth-order valence-corrected chi connectivity index (χ4v) is 4.36. The molecule has 0 unspecified atom stereocenters. The minimum absolute atomic E-state index is 0.0499. The van der Waals surface area contributed by atoms with Gasteiger partial charge in [-0.1, -0.05) is 54.6 Å². The first-order valence-corrected chi connectivity index (χ1v) is 11.3. The van der Waals surface area contributed by atoms with Gasteiger partial charge in [0.15, 0.2) is 0 Å². The van der Waals surface area contributed by atoms with Gasteiger partial charge in [0.25, 0.3) is 11.6 Å². The molecule has 0 spiro atoms. The molecule has 0 saturated heterocycles. The van der Waals surface area contributed by atoms with E-state index < -0.39 is 10.8 Å². The number of carbonyl (C=O) groups is 1. The Morgan fingerprint density at radius 1 is 1.03 bits per heavy atom. The van der Waals surface area contributed by atoms with Crippen LogP contribution in [0.1, 0.15) is 27.2 Å². The Hall–Kier alpha value is -4.98. The van der Waals surface area contributed by atoms with Crippen molar-refractivity contribution in [2.45, 2.75) is 13.5 Å². The lowest BCUT2D eigenvalue weighted by atomic mass is 10.1. The first kappa shape index (κ1) is 22.8. The Bertz CT molecular complexity index is 1650. The lowest BCUT2D eigenvalue weighted by molar-refractivity contribution is -0.384. The van der Waals surface area contributed by atoms with Crippen molar-refractivity contribution in [3.63, 3.8) is 0 Å². The number of phenolic OH excluding ortho intramolecular Hbond substituents is 1. The van der Waals surface area contributed by atoms with E-state index in [9.17, 15) is 20.0 Å². The van der Waals surface area contributed by atoms with E-state index >= 15 is 0 Å². The van der Waals surface area contributed by atoms with Gasteiger partial charge in [0.05, 0.1) is 16.7 Å². The molecule has 0 atom stereocenters. The van der Waals surface area contributed by atoms with Crippen LogP contribution in [0, 0.1) is 17.0 Å². The van der Waals surface area contributed by atoms with E-state index in [1.54, 1.807) is 30.5 Å². The van der Waals surface area contributed by atoms with Crippen LogP contribution < -0.4 is 5.43 Å². The van der Waals surface area contributed by atoms with Crippen molar-refractivity contribution in [1.82, 2.24) is 9.99 Å². The molecule has 178 valence electrons. The zero-order valence-electron chi connectivity index (χ0n) is 19.4. The van der Waals surface area contributed by atoms with Gasteiger partial charge in [-0.2, -0.15) is 5.10 Å². The molecule has 1 heterocycles. The number of nitro groups is 1. The number of non-ortho nitro benzene ring substituents is 1. The Morgan fingerprint density at radius 3 is 2.42 bits per heavy atom. The summed E-state index contributed by atoms with van der Waals surface area (Å²) in [6.07, 6.45) is 1.60. The predicted octanol–water partition coefficient (Wildman–Crippen LogP) is 5.53. The SMILES string of the molecule is Cc1c(C=NNC(=O)c2cc3ccccc3cc2O)c2ccccc2n1Cc1ccc([N+](=O)[O-])cc1. The number of nitrogens with one attached hydrogen (secondary N) is 1. The topological polar surface area (TPSA) is 110 Å². The van der Waals surface area contributed by atoms with Crippen molar-refractivity contribution in [2.75, 3.05) is 0 Å². The van der Waals surface area contributed by atoms with E-state index in [4.69, 9.17) is 0 Å². The summed E-state index contributed by atoms with van der Waals surface area (Å²) >= 11 is 0. The lowest BCUT2D eigenvalue weighted by Crippen LogP contribution is -2.17. The second-order valence-electron chi connectivity index (χ2n) is 8.44. The maximum Gasteiger partial charge on any atom is 0.275 e. The van der Waals surface area contributed by atoms with Crippen LogP contribution >= 0.6 is 0 Å². The highest BCUT2D eigenvalue weighted by atomic mass is 16.6. The molecule has 0 bridgehead atoms. The smallest absolute Gasteiger partial charge is 0.275 e. The maximum absolute atomic E-state index is 12.7. The van der Waals surface area contributed by atoms with Gasteiger partial charge in [0, 0.05) is 40.8 Å². The normalized spacial score (nSPS) is 11.4. The summed E-state index contributed by atoms with van der Waals surface area (Å²) in [4.78, 5) is 23.3. The standard InChI is InChI=1S/C28H22N4O4/c1-18-25(16-29-30-28(34)24-14-20-6-2-3-7-21(20)15-27(24)33)23-8-4-5-9-26(23)31(18)17-19-10-12-22(13-11-19)32(35)36/h2-16,33H,17H2,1H3,(H,30,34). The monoisotopic (exact) mass is 478 g/mol. The van der Waals surface area contributed by atoms with Gasteiger partial charge in [-0.15, -0.1) is 0 Å². The van der Waals surface area contributed by atoms with Crippen molar-refractivity contribution in [1.29, 1.82) is 0 Å². The molecule has 1 amide bonds. The number of rotatable bonds is 6. The summed E-state index contributed by atoms with van der Waals surface area (Å²) in [5, 5.41) is 28.1. The van der Waals surface area contributed by atoms with E-state index in [0.717, 1.165) is 38.5 Å². The van der Waals surface area contributed by atoms with Gasteiger partial charge < -0.3 is 9.67 Å². The first-order chi connectivity index (χ1) is 17.4. The number of aromatic hydroxyl groups is 1. The largest absolute Gasteiger partial charge is 0.507 e. The molecule has 36 heavy (non-hydrogen) atoms. The summed E-state index contributed by atoms with van der Waals surface area (Å²) in [5.74, 6) is -0.626. The van der Waals surface area contributed by atoms with Crippen molar-refractivity contribution in [2.24, 2.45) is 5.10 Å². The zero-order valence-corrected chi connectivity index (χ0v) is 19.4. The quantitative estimate of drug-likeness (QED) is 0.190. The predicted molar refractivity (Wildman–Crippen MR) is 140 cm³/mol. The molecule has 0 saturated carbocycles. The zero-order chi connectivity index (χ0) is 25.2. The van der Waals surface area contributed by atoms with Crippen LogP contribution in [-0.4, -0.2) is 26.7 Å². The molecule has 0 fully saturated rings. The van der Waals surface area contributed by atoms with Crippen LogP contribution in [0.5, 0.6) is 5.75 Å². The van der Waals surface area contributed by atoms with Gasteiger partial charge in [0.2, 0.25) is 0 Å². The van der Waals surface area contributed by atoms with Crippen molar-refractivity contribution >= 4 is 39.5 Å². The van der Waals surface area contributed by atoms with Crippen LogP contribution in [0.3, 0.4) is 0 Å². The molecule has 2 N–H and O–H groups in total. The van der Waals surface area contributed by atoms with Gasteiger partial charge >= 0.3 is 0 Å². The number of carbonyl (C=O) groups excluding carboxylic acids is 1. The number of hydrogen-bond donors (Lipinski definition) is 2. The van der Waals surface area contributed by atoms with Gasteiger partial charge in [-0.3, -0.25) is 14.9 Å². The highest BCUT2D eigenvalue weighted by Crippen LogP contribution is 2.27. The van der Waals surface area contributed by atoms with E-state index in [0.29, 0.717) is 6.54 Å². The third kappa shape index (κ3) is 4.27. The van der Waals surface area contributed by atoms with Crippen molar-refractivity contribution in [3.8, 4) is 5.75 Å². The van der Waals surface area contributed by atoms with Crippen LogP contribution in [-0.2, 0) is 6.54 Å². The molecule has 0 aliphatic rings. The molecule has 5 rings (SSSR count). The number of fused-ring (bicyclic) bond motifs is 2. The summed E-state index contributed by atoms with van der Waals surface area (Å²) in [6, 6.07) is 25.0. The Balaban J connectivity index is 1.42. The minimum Gasteiger partial charge on any atom is -0.507 e. The summed E-state index contributed by atoms with van der Waals surface area (Å²) < 4.78 is 2.11. The Morgan fingerprint density at radius 2 is 1.69 bits per heavy atom. The molecule has 4 aromatic carbocycles. The maximum atomic E-state index is 12.7. The van der Waals surface area contributed by atoms with E-state index in [2.05, 4.69) is 15.1 Å². The van der Waals surface area contributed by atoms with Crippen LogP contribution in [0.2, 0.25) is 0 Å². The molecule has 5 aromatic rings. The van der Waals surface area contributed by atoms with Gasteiger partial charge in [0.1, 0.15) is 5.75 Å². The van der Waals surface area contributed by atoms with E-state index in [1.807, 2.05) is 55.5 Å². The van der Waals surface area contributed by atoms with Crippen LogP contribution in [0.15, 0.2) is 90.0 Å². The molecule has 0 aliphatic carbocycles. The molecule has 8 heteroatoms. The van der Waals surface area contributed by atoms with Crippen LogP contribution in [0.25, 0.3) is 21.7 Å². The average molecular weight is 479 g/mol. The number of amides is 1. The molecular weight excluding hydrogens is 456 g/mol. The Kier molecular flexibility index (Phi) is 5.92. The van der Waals surface area contributed by atoms with Gasteiger partial charge in [-0.05, 0) is 41.5 Å². The number of nitro benzene ring substituents is 1. The average Bonchev–Trinajstić information content (AvgIpc) is 3.14. The third-order valence-corrected chi connectivity index (χ3v) is 6.24. The highest BCUT2D eigenvalue weighted by Gasteiger charge is 2.15. The molecular formula is C28H22N4O4. The summed E-state index contributed by atoms with van der Waals surface area (Å²) in [6.45, 7) is 2.49. The summed E-state index contributed by atoms with van der Waals surface area (Å²) in [7, 11) is 0. The number of phenols is 1. The van der Waals surface area contributed by atoms with Gasteiger partial charge in [-0.25, -0.2) is 5.43 Å². The Labute approximate surface area is 206 Å². The fourth-order valence-electron chi connectivity index (χ4n) is 4.36. The highest BCUT2D eigenvalue weighted by molar-refractivity contribution is 6.04. The van der Waals surface area contributed by atoms with E-state index in [-0.39, 0.29) is 17.0 Å². The lowest BCUT2D eigenvalue weighted by Gasteiger charge is -2.09. The minimum atomic E-state index is -0.512. The first-order valence-electron chi connectivity index (χ1n) is 11.3. The number of nitrogens with zero attached hydrogens (tertiary/aromatic N) is 3. The number of benzene rings is 4. The number of hydrazone groups is 1. The second-order valence-corrected chi connectivity index (χ2v) is 8.44. The summed E-state index contributed by atoms with van der Waals surface area (Å²) in [5.41, 5.74) is 6.39. The van der Waals surface area contributed by atoms with Crippen molar-refractivity contribution < 1.29 is 14.8 Å². The molecule has 1 aromatic heterocycles. The van der Waals surface area contributed by atoms with E-state index in [1.165, 1.54) is 12.1 Å². The van der Waals surface area contributed by atoms with Crippen LogP contribution in [0.4, 0.5) is 5.69 Å².